The Hall–Kier alpha value is -2.68. The second-order valence-electron chi connectivity index (χ2n) is 6.68. The van der Waals surface area contributed by atoms with Crippen molar-refractivity contribution in [1.82, 2.24) is 15.1 Å². The zero-order valence-electron chi connectivity index (χ0n) is 15.1. The van der Waals surface area contributed by atoms with Crippen molar-refractivity contribution in [3.63, 3.8) is 0 Å². The quantitative estimate of drug-likeness (QED) is 0.900. The summed E-state index contributed by atoms with van der Waals surface area (Å²) in [7, 11) is 2.11. The van der Waals surface area contributed by atoms with E-state index < -0.39 is 0 Å². The van der Waals surface area contributed by atoms with Crippen molar-refractivity contribution in [1.29, 1.82) is 5.26 Å². The smallest absolute Gasteiger partial charge is 0.242 e. The van der Waals surface area contributed by atoms with Crippen molar-refractivity contribution >= 4 is 5.91 Å². The predicted molar refractivity (Wildman–Crippen MR) is 101 cm³/mol. The summed E-state index contributed by atoms with van der Waals surface area (Å²) in [6.07, 6.45) is 0. The third-order valence-corrected chi connectivity index (χ3v) is 4.79. The normalized spacial score (nSPS) is 16.6. The molecule has 1 saturated heterocycles. The van der Waals surface area contributed by atoms with Gasteiger partial charge in [-0.15, -0.1) is 0 Å². The molecule has 1 N–H and O–H groups in total. The fourth-order valence-electron chi connectivity index (χ4n) is 3.28. The molecule has 0 radical (unpaired) electrons. The van der Waals surface area contributed by atoms with Crippen LogP contribution < -0.4 is 5.32 Å². The fourth-order valence-corrected chi connectivity index (χ4v) is 3.28. The lowest BCUT2D eigenvalue weighted by atomic mass is 10.0. The van der Waals surface area contributed by atoms with E-state index in [4.69, 9.17) is 5.26 Å². The van der Waals surface area contributed by atoms with E-state index in [2.05, 4.69) is 28.2 Å². The lowest BCUT2D eigenvalue weighted by Gasteiger charge is -2.37. The molecule has 3 rings (SSSR count). The maximum Gasteiger partial charge on any atom is 0.242 e. The monoisotopic (exact) mass is 348 g/mol. The van der Waals surface area contributed by atoms with Crippen molar-refractivity contribution in [3.8, 4) is 6.07 Å². The van der Waals surface area contributed by atoms with Crippen molar-refractivity contribution in [2.45, 2.75) is 12.6 Å². The molecule has 5 nitrogen and oxygen atoms in total. The van der Waals surface area contributed by atoms with E-state index in [0.717, 1.165) is 37.3 Å². The van der Waals surface area contributed by atoms with Gasteiger partial charge in [-0.3, -0.25) is 9.69 Å². The van der Waals surface area contributed by atoms with Gasteiger partial charge in [0.2, 0.25) is 5.91 Å². The van der Waals surface area contributed by atoms with Crippen LogP contribution in [0, 0.1) is 11.3 Å². The van der Waals surface area contributed by atoms with Gasteiger partial charge in [0, 0.05) is 32.7 Å². The van der Waals surface area contributed by atoms with Crippen LogP contribution in [0.5, 0.6) is 0 Å². The molecule has 1 aliphatic heterocycles. The van der Waals surface area contributed by atoms with Crippen LogP contribution in [0.2, 0.25) is 0 Å². The van der Waals surface area contributed by atoms with Crippen LogP contribution in [0.1, 0.15) is 22.7 Å². The first kappa shape index (κ1) is 18.1. The third kappa shape index (κ3) is 4.48. The molecule has 0 aliphatic carbocycles. The summed E-state index contributed by atoms with van der Waals surface area (Å²) in [5.41, 5.74) is 2.55. The van der Waals surface area contributed by atoms with Gasteiger partial charge in [-0.2, -0.15) is 5.26 Å². The Kier molecular flexibility index (Phi) is 6.00. The molecule has 0 bridgehead atoms. The highest BCUT2D eigenvalue weighted by Crippen LogP contribution is 2.22. The van der Waals surface area contributed by atoms with Gasteiger partial charge in [-0.25, -0.2) is 0 Å². The molecule has 26 heavy (non-hydrogen) atoms. The Morgan fingerprint density at radius 2 is 1.85 bits per heavy atom. The van der Waals surface area contributed by atoms with Crippen LogP contribution in [0.4, 0.5) is 0 Å². The summed E-state index contributed by atoms with van der Waals surface area (Å²) in [6.45, 7) is 4.08. The van der Waals surface area contributed by atoms with Gasteiger partial charge in [0.1, 0.15) is 6.04 Å². The molecule has 2 aromatic rings. The first-order valence-corrected chi connectivity index (χ1v) is 8.91. The number of piperazine rings is 1. The highest BCUT2D eigenvalue weighted by atomic mass is 16.2. The second kappa shape index (κ2) is 8.61. The Bertz CT molecular complexity index is 776. The maximum absolute atomic E-state index is 13.0. The van der Waals surface area contributed by atoms with Crippen molar-refractivity contribution in [2.24, 2.45) is 0 Å². The number of nitrogens with zero attached hydrogens (tertiary/aromatic N) is 3. The average Bonchev–Trinajstić information content (AvgIpc) is 2.69. The number of nitrogens with one attached hydrogen (secondary N) is 1. The summed E-state index contributed by atoms with van der Waals surface area (Å²) in [5.74, 6) is 0.00288. The summed E-state index contributed by atoms with van der Waals surface area (Å²) >= 11 is 0. The lowest BCUT2D eigenvalue weighted by Crippen LogP contribution is -2.49. The second-order valence-corrected chi connectivity index (χ2v) is 6.68. The average molecular weight is 348 g/mol. The SMILES string of the molecule is CN1CCN([C@H](C(=O)NCc2cccc(C#N)c2)c2ccccc2)CC1. The standard InChI is InChI=1S/C21H24N4O/c1-24-10-12-25(13-11-24)20(19-8-3-2-4-9-19)21(26)23-16-18-7-5-6-17(14-18)15-22/h2-9,14,20H,10-13,16H2,1H3,(H,23,26)/t20-/m0/s1. The summed E-state index contributed by atoms with van der Waals surface area (Å²) < 4.78 is 0. The third-order valence-electron chi connectivity index (χ3n) is 4.79. The number of carbonyl (C=O) groups is 1. The molecule has 1 atom stereocenters. The topological polar surface area (TPSA) is 59.4 Å². The first-order chi connectivity index (χ1) is 12.7. The molecule has 1 heterocycles. The van der Waals surface area contributed by atoms with Gasteiger partial charge in [-0.1, -0.05) is 42.5 Å². The van der Waals surface area contributed by atoms with E-state index in [1.54, 1.807) is 6.07 Å². The van der Waals surface area contributed by atoms with Gasteiger partial charge in [0.15, 0.2) is 0 Å². The molecule has 0 saturated carbocycles. The molecular formula is C21H24N4O. The Morgan fingerprint density at radius 3 is 2.54 bits per heavy atom. The van der Waals surface area contributed by atoms with Crippen LogP contribution in [0.25, 0.3) is 0 Å². The number of carbonyl (C=O) groups excluding carboxylic acids is 1. The van der Waals surface area contributed by atoms with E-state index in [-0.39, 0.29) is 11.9 Å². The summed E-state index contributed by atoms with van der Waals surface area (Å²) in [5, 5.41) is 12.1. The van der Waals surface area contributed by atoms with E-state index in [9.17, 15) is 4.79 Å². The molecule has 0 unspecified atom stereocenters. The molecule has 0 aromatic heterocycles. The number of hydrogen-bond donors (Lipinski definition) is 1. The van der Waals surface area contributed by atoms with Crippen molar-refractivity contribution in [3.05, 3.63) is 71.3 Å². The minimum absolute atomic E-state index is 0.00288. The molecule has 1 amide bonds. The van der Waals surface area contributed by atoms with Crippen LogP contribution in [0.15, 0.2) is 54.6 Å². The Morgan fingerprint density at radius 1 is 1.12 bits per heavy atom. The number of likely N-dealkylation sites (N-methyl/N-ethyl adjacent to an activating group) is 1. The zero-order valence-corrected chi connectivity index (χ0v) is 15.1. The molecule has 2 aromatic carbocycles. The van der Waals surface area contributed by atoms with E-state index in [1.165, 1.54) is 0 Å². The molecule has 0 spiro atoms. The number of nitriles is 1. The van der Waals surface area contributed by atoms with Gasteiger partial charge in [0.25, 0.3) is 0 Å². The molecular weight excluding hydrogens is 324 g/mol. The molecule has 1 fully saturated rings. The van der Waals surface area contributed by atoms with E-state index >= 15 is 0 Å². The summed E-state index contributed by atoms with van der Waals surface area (Å²) in [4.78, 5) is 17.5. The fraction of sp³-hybridized carbons (Fsp3) is 0.333. The van der Waals surface area contributed by atoms with Crippen LogP contribution in [0.3, 0.4) is 0 Å². The number of benzene rings is 2. The van der Waals surface area contributed by atoms with Crippen LogP contribution in [-0.4, -0.2) is 48.9 Å². The number of amides is 1. The Labute approximate surface area is 154 Å². The van der Waals surface area contributed by atoms with Gasteiger partial charge < -0.3 is 10.2 Å². The first-order valence-electron chi connectivity index (χ1n) is 8.91. The lowest BCUT2D eigenvalue weighted by molar-refractivity contribution is -0.127. The maximum atomic E-state index is 13.0. The van der Waals surface area contributed by atoms with E-state index in [0.29, 0.717) is 12.1 Å². The number of hydrogen-bond acceptors (Lipinski definition) is 4. The number of rotatable bonds is 5. The zero-order chi connectivity index (χ0) is 18.4. The molecule has 5 heteroatoms. The van der Waals surface area contributed by atoms with Crippen LogP contribution in [-0.2, 0) is 11.3 Å². The van der Waals surface area contributed by atoms with Gasteiger partial charge >= 0.3 is 0 Å². The van der Waals surface area contributed by atoms with Crippen molar-refractivity contribution < 1.29 is 4.79 Å². The minimum atomic E-state index is -0.288. The molecule has 134 valence electrons. The highest BCUT2D eigenvalue weighted by Gasteiger charge is 2.29. The largest absolute Gasteiger partial charge is 0.350 e. The predicted octanol–water partition coefficient (Wildman–Crippen LogP) is 2.16. The van der Waals surface area contributed by atoms with Crippen molar-refractivity contribution in [2.75, 3.05) is 33.2 Å². The van der Waals surface area contributed by atoms with Gasteiger partial charge in [-0.05, 0) is 30.3 Å². The Balaban J connectivity index is 1.73. The highest BCUT2D eigenvalue weighted by molar-refractivity contribution is 5.83. The minimum Gasteiger partial charge on any atom is -0.350 e. The van der Waals surface area contributed by atoms with Gasteiger partial charge in [0.05, 0.1) is 11.6 Å². The molecule has 1 aliphatic rings. The summed E-state index contributed by atoms with van der Waals surface area (Å²) in [6, 6.07) is 19.1. The van der Waals surface area contributed by atoms with Crippen LogP contribution >= 0.6 is 0 Å². The van der Waals surface area contributed by atoms with E-state index in [1.807, 2.05) is 48.5 Å².